The number of rotatable bonds is 3. The Balaban J connectivity index is 2.10. The lowest BCUT2D eigenvalue weighted by Gasteiger charge is -2.05. The third-order valence-corrected chi connectivity index (χ3v) is 2.67. The number of H-pyrrole nitrogens is 1. The highest BCUT2D eigenvalue weighted by Crippen LogP contribution is 2.11. The van der Waals surface area contributed by atoms with Gasteiger partial charge < -0.3 is 10.3 Å². The lowest BCUT2D eigenvalue weighted by atomic mass is 10.1. The number of nitrogens with one attached hydrogen (secondary N) is 2. The molecule has 4 nitrogen and oxygen atoms in total. The summed E-state index contributed by atoms with van der Waals surface area (Å²) < 4.78 is 0. The number of hydrogen-bond acceptors (Lipinski definition) is 2. The van der Waals surface area contributed by atoms with Gasteiger partial charge in [0.25, 0.3) is 5.91 Å². The van der Waals surface area contributed by atoms with Gasteiger partial charge in [0.15, 0.2) is 0 Å². The van der Waals surface area contributed by atoms with E-state index in [-0.39, 0.29) is 11.5 Å². The van der Waals surface area contributed by atoms with Gasteiger partial charge in [0.1, 0.15) is 0 Å². The molecule has 2 N–H and O–H groups in total. The van der Waals surface area contributed by atoms with Gasteiger partial charge in [-0.05, 0) is 30.2 Å². The van der Waals surface area contributed by atoms with Gasteiger partial charge in [-0.15, -0.1) is 0 Å². The summed E-state index contributed by atoms with van der Waals surface area (Å²) in [5.74, 6) is -0.240. The van der Waals surface area contributed by atoms with E-state index in [9.17, 15) is 9.59 Å². The van der Waals surface area contributed by atoms with Crippen molar-refractivity contribution in [2.45, 2.75) is 13.3 Å². The first-order valence-electron chi connectivity index (χ1n) is 5.78. The maximum atomic E-state index is 11.8. The first kappa shape index (κ1) is 12.1. The van der Waals surface area contributed by atoms with Crippen LogP contribution in [0.4, 0.5) is 5.69 Å². The minimum Gasteiger partial charge on any atom is -0.328 e. The molecule has 0 spiro atoms. The summed E-state index contributed by atoms with van der Waals surface area (Å²) in [5.41, 5.74) is 2.16. The molecule has 0 radical (unpaired) electrons. The van der Waals surface area contributed by atoms with Crippen molar-refractivity contribution < 1.29 is 4.79 Å². The molecule has 0 unspecified atom stereocenters. The Morgan fingerprint density at radius 1 is 1.17 bits per heavy atom. The maximum absolute atomic E-state index is 11.8. The second-order valence-electron chi connectivity index (χ2n) is 3.95. The van der Waals surface area contributed by atoms with E-state index in [1.54, 1.807) is 0 Å². The SMILES string of the molecule is CCc1ccc(NC(=O)c2ccc(=O)[nH]c2)cc1. The molecule has 0 aliphatic heterocycles. The molecule has 0 bridgehead atoms. The molecule has 1 heterocycles. The molecule has 2 aromatic rings. The largest absolute Gasteiger partial charge is 0.328 e. The first-order chi connectivity index (χ1) is 8.69. The number of aryl methyl sites for hydroxylation is 1. The molecular formula is C14H14N2O2. The molecule has 0 saturated heterocycles. The van der Waals surface area contributed by atoms with Crippen LogP contribution in [0, 0.1) is 0 Å². The smallest absolute Gasteiger partial charge is 0.257 e. The number of benzene rings is 1. The number of amides is 1. The molecule has 0 atom stereocenters. The van der Waals surface area contributed by atoms with Crippen molar-refractivity contribution >= 4 is 11.6 Å². The quantitative estimate of drug-likeness (QED) is 0.866. The number of carbonyl (C=O) groups is 1. The van der Waals surface area contributed by atoms with Gasteiger partial charge in [0, 0.05) is 18.0 Å². The molecular weight excluding hydrogens is 228 g/mol. The lowest BCUT2D eigenvalue weighted by Crippen LogP contribution is -2.14. The zero-order chi connectivity index (χ0) is 13.0. The Morgan fingerprint density at radius 2 is 1.89 bits per heavy atom. The summed E-state index contributed by atoms with van der Waals surface area (Å²) >= 11 is 0. The highest BCUT2D eigenvalue weighted by Gasteiger charge is 2.05. The van der Waals surface area contributed by atoms with Crippen molar-refractivity contribution in [1.29, 1.82) is 0 Å². The van der Waals surface area contributed by atoms with Crippen LogP contribution in [0.3, 0.4) is 0 Å². The molecule has 92 valence electrons. The normalized spacial score (nSPS) is 10.1. The van der Waals surface area contributed by atoms with Crippen LogP contribution in [0.1, 0.15) is 22.8 Å². The Kier molecular flexibility index (Phi) is 3.57. The average molecular weight is 242 g/mol. The minimum absolute atomic E-state index is 0.223. The molecule has 0 fully saturated rings. The summed E-state index contributed by atoms with van der Waals surface area (Å²) in [6.45, 7) is 2.08. The van der Waals surface area contributed by atoms with Crippen LogP contribution >= 0.6 is 0 Å². The van der Waals surface area contributed by atoms with Crippen molar-refractivity contribution in [1.82, 2.24) is 4.98 Å². The lowest BCUT2D eigenvalue weighted by molar-refractivity contribution is 0.102. The van der Waals surface area contributed by atoms with Crippen molar-refractivity contribution in [3.05, 3.63) is 64.1 Å². The number of carbonyl (C=O) groups excluding carboxylic acids is 1. The predicted octanol–water partition coefficient (Wildman–Crippen LogP) is 2.19. The van der Waals surface area contributed by atoms with Gasteiger partial charge in [0.05, 0.1) is 5.56 Å². The molecule has 1 aromatic carbocycles. The van der Waals surface area contributed by atoms with Gasteiger partial charge in [-0.2, -0.15) is 0 Å². The summed E-state index contributed by atoms with van der Waals surface area (Å²) in [7, 11) is 0. The monoisotopic (exact) mass is 242 g/mol. The second-order valence-corrected chi connectivity index (χ2v) is 3.95. The summed E-state index contributed by atoms with van der Waals surface area (Å²) in [5, 5.41) is 2.77. The van der Waals surface area contributed by atoms with E-state index in [2.05, 4.69) is 17.2 Å². The van der Waals surface area contributed by atoms with E-state index in [1.807, 2.05) is 24.3 Å². The number of hydrogen-bond donors (Lipinski definition) is 2. The molecule has 2 rings (SSSR count). The highest BCUT2D eigenvalue weighted by molar-refractivity contribution is 6.03. The standard InChI is InChI=1S/C14H14N2O2/c1-2-10-3-6-12(7-4-10)16-14(18)11-5-8-13(17)15-9-11/h3-9H,2H2,1H3,(H,15,17)(H,16,18). The first-order valence-corrected chi connectivity index (χ1v) is 5.78. The second kappa shape index (κ2) is 5.31. The molecule has 1 aromatic heterocycles. The Hall–Kier alpha value is -2.36. The molecule has 0 saturated carbocycles. The zero-order valence-corrected chi connectivity index (χ0v) is 10.1. The summed E-state index contributed by atoms with van der Waals surface area (Å²) in [6, 6.07) is 10.5. The minimum atomic E-state index is -0.240. The molecule has 1 amide bonds. The number of aromatic nitrogens is 1. The fourth-order valence-corrected chi connectivity index (χ4v) is 1.58. The maximum Gasteiger partial charge on any atom is 0.257 e. The van der Waals surface area contributed by atoms with Crippen LogP contribution in [0.15, 0.2) is 47.4 Å². The van der Waals surface area contributed by atoms with Gasteiger partial charge in [0.2, 0.25) is 5.56 Å². The summed E-state index contributed by atoms with van der Waals surface area (Å²) in [4.78, 5) is 25.2. The van der Waals surface area contributed by atoms with Crippen molar-refractivity contribution in [3.8, 4) is 0 Å². The topological polar surface area (TPSA) is 62.0 Å². The van der Waals surface area contributed by atoms with Gasteiger partial charge >= 0.3 is 0 Å². The average Bonchev–Trinajstić information content (AvgIpc) is 2.40. The van der Waals surface area contributed by atoms with Crippen LogP contribution < -0.4 is 10.9 Å². The third-order valence-electron chi connectivity index (χ3n) is 2.67. The molecule has 0 aliphatic rings. The van der Waals surface area contributed by atoms with Crippen molar-refractivity contribution in [3.63, 3.8) is 0 Å². The number of aromatic amines is 1. The fourth-order valence-electron chi connectivity index (χ4n) is 1.58. The van der Waals surface area contributed by atoms with E-state index >= 15 is 0 Å². The van der Waals surface area contributed by atoms with Gasteiger partial charge in [-0.1, -0.05) is 19.1 Å². The van der Waals surface area contributed by atoms with Crippen LogP contribution in [0.25, 0.3) is 0 Å². The summed E-state index contributed by atoms with van der Waals surface area (Å²) in [6.07, 6.45) is 2.37. The molecule has 18 heavy (non-hydrogen) atoms. The Labute approximate surface area is 105 Å². The number of pyridine rings is 1. The van der Waals surface area contributed by atoms with Gasteiger partial charge in [-0.25, -0.2) is 0 Å². The molecule has 4 heteroatoms. The third kappa shape index (κ3) is 2.85. The van der Waals surface area contributed by atoms with Crippen molar-refractivity contribution in [2.75, 3.05) is 5.32 Å². The van der Waals surface area contributed by atoms with E-state index in [1.165, 1.54) is 23.9 Å². The van der Waals surface area contributed by atoms with Crippen LogP contribution in [0.2, 0.25) is 0 Å². The number of anilines is 1. The fraction of sp³-hybridized carbons (Fsp3) is 0.143. The predicted molar refractivity (Wildman–Crippen MR) is 70.8 cm³/mol. The van der Waals surface area contributed by atoms with Crippen LogP contribution in [-0.2, 0) is 6.42 Å². The van der Waals surface area contributed by atoms with Crippen molar-refractivity contribution in [2.24, 2.45) is 0 Å². The van der Waals surface area contributed by atoms with E-state index in [0.717, 1.165) is 12.1 Å². The van der Waals surface area contributed by atoms with Crippen LogP contribution in [0.5, 0.6) is 0 Å². The van der Waals surface area contributed by atoms with E-state index < -0.39 is 0 Å². The Morgan fingerprint density at radius 3 is 2.44 bits per heavy atom. The van der Waals surface area contributed by atoms with E-state index in [4.69, 9.17) is 0 Å². The zero-order valence-electron chi connectivity index (χ0n) is 10.1. The van der Waals surface area contributed by atoms with Crippen LogP contribution in [-0.4, -0.2) is 10.9 Å². The van der Waals surface area contributed by atoms with E-state index in [0.29, 0.717) is 5.56 Å². The highest BCUT2D eigenvalue weighted by atomic mass is 16.1. The Bertz CT molecular complexity index is 579. The van der Waals surface area contributed by atoms with Gasteiger partial charge in [-0.3, -0.25) is 9.59 Å². The molecule has 0 aliphatic carbocycles.